The van der Waals surface area contributed by atoms with E-state index in [1.807, 2.05) is 80.0 Å². The van der Waals surface area contributed by atoms with Crippen LogP contribution in [0.2, 0.25) is 0 Å². The van der Waals surface area contributed by atoms with Crippen LogP contribution in [0.5, 0.6) is 17.2 Å². The number of rotatable bonds is 7. The van der Waals surface area contributed by atoms with Crippen molar-refractivity contribution >= 4 is 35.6 Å². The number of thioether (sulfide) groups is 2. The minimum atomic E-state index is 0.818. The highest BCUT2D eigenvalue weighted by Crippen LogP contribution is 2.35. The topological polar surface area (TPSA) is 18.5 Å². The molecule has 1 unspecified atom stereocenters. The lowest BCUT2D eigenvalue weighted by Gasteiger charge is -2.07. The van der Waals surface area contributed by atoms with Gasteiger partial charge in [0.15, 0.2) is 0 Å². The van der Waals surface area contributed by atoms with Gasteiger partial charge in [0, 0.05) is 27.9 Å². The first kappa shape index (κ1) is 18.4. The fourth-order valence-corrected chi connectivity index (χ4v) is 3.87. The van der Waals surface area contributed by atoms with Crippen LogP contribution in [0.1, 0.15) is 13.8 Å². The molecule has 2 nitrogen and oxygen atoms in total. The van der Waals surface area contributed by atoms with Crippen LogP contribution in [0.15, 0.2) is 53.4 Å². The van der Waals surface area contributed by atoms with Crippen molar-refractivity contribution in [2.24, 2.45) is 0 Å². The first-order valence-corrected chi connectivity index (χ1v) is 10.8. The van der Waals surface area contributed by atoms with Crippen LogP contribution in [-0.2, 0) is 0 Å². The van der Waals surface area contributed by atoms with Crippen molar-refractivity contribution < 1.29 is 8.92 Å². The second-order valence-electron chi connectivity index (χ2n) is 4.56. The third-order valence-corrected chi connectivity index (χ3v) is 5.62. The molecule has 0 aromatic heterocycles. The van der Waals surface area contributed by atoms with Crippen LogP contribution in [0.3, 0.4) is 0 Å². The van der Waals surface area contributed by atoms with Crippen LogP contribution >= 0.6 is 35.6 Å². The number of benzene rings is 2. The second kappa shape index (κ2) is 10.1. The minimum absolute atomic E-state index is 0.818. The monoisotopic (exact) mass is 366 g/mol. The predicted octanol–water partition coefficient (Wildman–Crippen LogP) is 6.37. The Balaban J connectivity index is 0.000000924. The molecule has 1 aliphatic rings. The minimum Gasteiger partial charge on any atom is -0.457 e. The summed E-state index contributed by atoms with van der Waals surface area (Å²) in [5.74, 6) is 5.04. The van der Waals surface area contributed by atoms with Gasteiger partial charge in [-0.1, -0.05) is 13.8 Å². The maximum absolute atomic E-state index is 5.83. The van der Waals surface area contributed by atoms with E-state index in [4.69, 9.17) is 8.92 Å². The highest BCUT2D eigenvalue weighted by atomic mass is 32.2. The van der Waals surface area contributed by atoms with Crippen LogP contribution in [-0.4, -0.2) is 23.0 Å². The van der Waals surface area contributed by atoms with E-state index in [0.717, 1.165) is 22.5 Å². The Bertz CT molecular complexity index is 566. The van der Waals surface area contributed by atoms with Gasteiger partial charge in [-0.05, 0) is 48.5 Å². The van der Waals surface area contributed by atoms with Gasteiger partial charge < -0.3 is 8.92 Å². The van der Waals surface area contributed by atoms with E-state index in [9.17, 15) is 0 Å². The summed E-state index contributed by atoms with van der Waals surface area (Å²) in [5.41, 5.74) is 0. The summed E-state index contributed by atoms with van der Waals surface area (Å²) in [4.78, 5) is 1.30. The molecular weight excluding hydrogens is 344 g/mol. The number of hydrogen-bond acceptors (Lipinski definition) is 5. The maximum Gasteiger partial charge on any atom is 0.137 e. The van der Waals surface area contributed by atoms with Crippen LogP contribution < -0.4 is 8.92 Å². The summed E-state index contributed by atoms with van der Waals surface area (Å²) in [6.07, 6.45) is 1.89. The van der Waals surface area contributed by atoms with Gasteiger partial charge in [-0.3, -0.25) is 0 Å². The lowest BCUT2D eigenvalue weighted by Crippen LogP contribution is -1.87. The molecule has 0 N–H and O–H groups in total. The molecule has 0 saturated carbocycles. The highest BCUT2D eigenvalue weighted by molar-refractivity contribution is 8.08. The third kappa shape index (κ3) is 6.61. The molecule has 1 heterocycles. The number of hydrogen-bond donors (Lipinski definition) is 0. The van der Waals surface area contributed by atoms with Crippen LogP contribution in [0, 0.1) is 0 Å². The van der Waals surface area contributed by atoms with E-state index in [1.54, 1.807) is 0 Å². The molecule has 0 bridgehead atoms. The average Bonchev–Trinajstić information content (AvgIpc) is 3.43. The van der Waals surface area contributed by atoms with Crippen molar-refractivity contribution in [2.45, 2.75) is 24.0 Å². The summed E-state index contributed by atoms with van der Waals surface area (Å²) in [6, 6.07) is 15.9. The van der Waals surface area contributed by atoms with Crippen molar-refractivity contribution in [3.05, 3.63) is 48.5 Å². The lowest BCUT2D eigenvalue weighted by atomic mass is 10.3. The Labute approximate surface area is 151 Å². The SMILES string of the molecule is CC.CSOc1ccc(Oc2ccc(SCC3CS3)cc2)cc1. The fraction of sp³-hybridized carbons (Fsp3) is 0.333. The van der Waals surface area contributed by atoms with Crippen molar-refractivity contribution in [2.75, 3.05) is 17.8 Å². The molecular formula is C18H22O2S3. The Kier molecular flexibility index (Phi) is 8.06. The van der Waals surface area contributed by atoms with Gasteiger partial charge >= 0.3 is 0 Å². The van der Waals surface area contributed by atoms with E-state index in [2.05, 4.69) is 12.1 Å². The highest BCUT2D eigenvalue weighted by Gasteiger charge is 2.21. The predicted molar refractivity (Wildman–Crippen MR) is 105 cm³/mol. The largest absolute Gasteiger partial charge is 0.457 e. The lowest BCUT2D eigenvalue weighted by molar-refractivity contribution is 0.481. The molecule has 1 fully saturated rings. The average molecular weight is 367 g/mol. The molecule has 0 spiro atoms. The molecule has 23 heavy (non-hydrogen) atoms. The zero-order valence-electron chi connectivity index (χ0n) is 13.7. The molecule has 2 aromatic rings. The van der Waals surface area contributed by atoms with Gasteiger partial charge in [0.25, 0.3) is 0 Å². The van der Waals surface area contributed by atoms with E-state index in [1.165, 1.54) is 28.4 Å². The van der Waals surface area contributed by atoms with E-state index in [0.29, 0.717) is 0 Å². The standard InChI is InChI=1S/C16H16O2S3.C2H6/c1-19-18-14-4-2-12(3-5-14)17-13-6-8-15(9-7-13)20-10-16-11-21-16;1-2/h2-9,16H,10-11H2,1H3;1-2H3. The Hall–Kier alpha value is -0.910. The molecule has 0 amide bonds. The quantitative estimate of drug-likeness (QED) is 0.321. The maximum atomic E-state index is 5.83. The first-order chi connectivity index (χ1) is 11.3. The smallest absolute Gasteiger partial charge is 0.137 e. The second-order valence-corrected chi connectivity index (χ2v) is 7.49. The molecule has 1 atom stereocenters. The van der Waals surface area contributed by atoms with Gasteiger partial charge in [0.05, 0.1) is 12.0 Å². The van der Waals surface area contributed by atoms with Crippen molar-refractivity contribution in [3.8, 4) is 17.2 Å². The fourth-order valence-electron chi connectivity index (χ4n) is 1.75. The van der Waals surface area contributed by atoms with Crippen molar-refractivity contribution in [1.29, 1.82) is 0 Å². The zero-order valence-corrected chi connectivity index (χ0v) is 16.1. The summed E-state index contributed by atoms with van der Waals surface area (Å²) >= 11 is 5.29. The summed E-state index contributed by atoms with van der Waals surface area (Å²) in [6.45, 7) is 4.00. The molecule has 5 heteroatoms. The first-order valence-electron chi connectivity index (χ1n) is 7.66. The Morgan fingerprint density at radius 2 is 1.48 bits per heavy atom. The molecule has 2 aromatic carbocycles. The van der Waals surface area contributed by atoms with Crippen LogP contribution in [0.25, 0.3) is 0 Å². The zero-order chi connectivity index (χ0) is 16.5. The molecule has 1 saturated heterocycles. The third-order valence-electron chi connectivity index (χ3n) is 2.90. The van der Waals surface area contributed by atoms with Crippen LogP contribution in [0.4, 0.5) is 0 Å². The summed E-state index contributed by atoms with van der Waals surface area (Å²) in [5, 5.41) is 0.868. The van der Waals surface area contributed by atoms with E-state index in [-0.39, 0.29) is 0 Å². The molecule has 0 aliphatic carbocycles. The van der Waals surface area contributed by atoms with Gasteiger partial charge in [-0.25, -0.2) is 0 Å². The molecule has 0 radical (unpaired) electrons. The normalized spacial score (nSPS) is 15.3. The van der Waals surface area contributed by atoms with E-state index >= 15 is 0 Å². The Morgan fingerprint density at radius 3 is 2.00 bits per heavy atom. The van der Waals surface area contributed by atoms with Crippen molar-refractivity contribution in [1.82, 2.24) is 0 Å². The summed E-state index contributed by atoms with van der Waals surface area (Å²) < 4.78 is 11.2. The van der Waals surface area contributed by atoms with E-state index < -0.39 is 0 Å². The molecule has 124 valence electrons. The Morgan fingerprint density at radius 1 is 0.957 bits per heavy atom. The molecule has 3 rings (SSSR count). The van der Waals surface area contributed by atoms with Gasteiger partial charge in [0.2, 0.25) is 0 Å². The number of ether oxygens (including phenoxy) is 1. The van der Waals surface area contributed by atoms with Gasteiger partial charge in [0.1, 0.15) is 17.2 Å². The van der Waals surface area contributed by atoms with Gasteiger partial charge in [-0.15, -0.1) is 11.8 Å². The van der Waals surface area contributed by atoms with Crippen molar-refractivity contribution in [3.63, 3.8) is 0 Å². The van der Waals surface area contributed by atoms with Gasteiger partial charge in [-0.2, -0.15) is 11.8 Å². The molecule has 1 aliphatic heterocycles. The summed E-state index contributed by atoms with van der Waals surface area (Å²) in [7, 11) is 0.